The van der Waals surface area contributed by atoms with Crippen molar-refractivity contribution in [3.05, 3.63) is 48.3 Å². The highest BCUT2D eigenvalue weighted by molar-refractivity contribution is 6.99. The number of carbonyl (C=O) groups excluding carboxylic acids is 1. The van der Waals surface area contributed by atoms with Gasteiger partial charge in [-0.25, -0.2) is 4.79 Å². The molecule has 3 rings (SSSR count). The molecule has 20 heavy (non-hydrogen) atoms. The van der Waals surface area contributed by atoms with Crippen molar-refractivity contribution in [2.75, 3.05) is 18.4 Å². The molecule has 0 atom stereocenters. The largest absolute Gasteiger partial charge is 0.322 e. The fourth-order valence-electron chi connectivity index (χ4n) is 2.12. The van der Waals surface area contributed by atoms with Crippen LogP contribution in [-0.4, -0.2) is 32.8 Å². The monoisotopic (exact) mass is 286 g/mol. The summed E-state index contributed by atoms with van der Waals surface area (Å²) in [5.74, 6) is 0. The Bertz CT molecular complexity index is 609. The number of hydrogen-bond donors (Lipinski definition) is 1. The second kappa shape index (κ2) is 5.83. The van der Waals surface area contributed by atoms with Crippen molar-refractivity contribution < 1.29 is 4.79 Å². The van der Waals surface area contributed by atoms with Gasteiger partial charge in [0.25, 0.3) is 0 Å². The number of anilines is 1. The number of carbonyl (C=O) groups is 1. The van der Waals surface area contributed by atoms with E-state index in [4.69, 9.17) is 0 Å². The summed E-state index contributed by atoms with van der Waals surface area (Å²) in [6, 6.07) is 9.42. The van der Waals surface area contributed by atoms with Gasteiger partial charge in [-0.05, 0) is 24.1 Å². The number of para-hydroxylation sites is 1. The molecule has 1 aromatic heterocycles. The minimum absolute atomic E-state index is 0.0668. The summed E-state index contributed by atoms with van der Waals surface area (Å²) in [6.45, 7) is 1.30. The first-order chi connectivity index (χ1) is 9.83. The first-order valence-electron chi connectivity index (χ1n) is 6.41. The zero-order valence-corrected chi connectivity index (χ0v) is 11.6. The van der Waals surface area contributed by atoms with Crippen molar-refractivity contribution in [3.63, 3.8) is 0 Å². The number of amides is 2. The Morgan fingerprint density at radius 2 is 2.15 bits per heavy atom. The fraction of sp³-hybridized carbons (Fsp3) is 0.214. The van der Waals surface area contributed by atoms with Crippen LogP contribution in [0, 0.1) is 0 Å². The summed E-state index contributed by atoms with van der Waals surface area (Å²) in [7, 11) is 0. The van der Waals surface area contributed by atoms with E-state index in [-0.39, 0.29) is 6.03 Å². The smallest absolute Gasteiger partial charge is 0.320 e. The first-order valence-corrected chi connectivity index (χ1v) is 7.14. The standard InChI is InChI=1S/C14H14N4OS/c19-14(16-12-4-2-1-3-5-12)18-8-6-11(7-9-18)13-10-15-20-17-13/h1-6,10H,7-9H2,(H,16,19). The van der Waals surface area contributed by atoms with Crippen LogP contribution in [0.4, 0.5) is 10.5 Å². The SMILES string of the molecule is O=C(Nc1ccccc1)N1CC=C(c2cnsn2)CC1. The predicted octanol–water partition coefficient (Wildman–Crippen LogP) is 2.86. The minimum atomic E-state index is -0.0668. The van der Waals surface area contributed by atoms with Gasteiger partial charge in [-0.3, -0.25) is 0 Å². The number of rotatable bonds is 2. The Labute approximate surface area is 121 Å². The van der Waals surface area contributed by atoms with E-state index >= 15 is 0 Å². The molecule has 0 fully saturated rings. The molecule has 0 unspecified atom stereocenters. The van der Waals surface area contributed by atoms with Crippen molar-refractivity contribution in [2.24, 2.45) is 0 Å². The molecule has 0 saturated heterocycles. The van der Waals surface area contributed by atoms with Crippen LogP contribution in [0.1, 0.15) is 12.1 Å². The Kier molecular flexibility index (Phi) is 3.73. The van der Waals surface area contributed by atoms with E-state index in [1.807, 2.05) is 36.4 Å². The van der Waals surface area contributed by atoms with Crippen LogP contribution in [0.15, 0.2) is 42.6 Å². The van der Waals surface area contributed by atoms with Gasteiger partial charge in [0.15, 0.2) is 0 Å². The third-order valence-corrected chi connectivity index (χ3v) is 3.69. The summed E-state index contributed by atoms with van der Waals surface area (Å²) < 4.78 is 8.22. The quantitative estimate of drug-likeness (QED) is 0.923. The maximum Gasteiger partial charge on any atom is 0.322 e. The molecule has 6 heteroatoms. The maximum atomic E-state index is 12.1. The number of hydrogen-bond acceptors (Lipinski definition) is 4. The molecule has 0 radical (unpaired) electrons. The highest BCUT2D eigenvalue weighted by Gasteiger charge is 2.18. The number of nitrogens with one attached hydrogen (secondary N) is 1. The van der Waals surface area contributed by atoms with Gasteiger partial charge in [-0.15, -0.1) is 0 Å². The molecular formula is C14H14N4OS. The van der Waals surface area contributed by atoms with Crippen molar-refractivity contribution in [1.82, 2.24) is 13.6 Å². The molecule has 1 aliphatic heterocycles. The lowest BCUT2D eigenvalue weighted by Gasteiger charge is -2.26. The maximum absolute atomic E-state index is 12.1. The molecule has 0 saturated carbocycles. The molecule has 5 nitrogen and oxygen atoms in total. The summed E-state index contributed by atoms with van der Waals surface area (Å²) in [5, 5.41) is 2.89. The summed E-state index contributed by atoms with van der Waals surface area (Å²) >= 11 is 1.21. The normalized spacial score (nSPS) is 14.8. The van der Waals surface area contributed by atoms with Gasteiger partial charge < -0.3 is 10.2 Å². The average molecular weight is 286 g/mol. The van der Waals surface area contributed by atoms with Crippen LogP contribution in [-0.2, 0) is 0 Å². The van der Waals surface area contributed by atoms with E-state index < -0.39 is 0 Å². The molecule has 2 heterocycles. The van der Waals surface area contributed by atoms with E-state index in [0.29, 0.717) is 13.1 Å². The molecule has 102 valence electrons. The van der Waals surface area contributed by atoms with E-state index in [9.17, 15) is 4.79 Å². The number of urea groups is 1. The average Bonchev–Trinajstić information content (AvgIpc) is 3.03. The highest BCUT2D eigenvalue weighted by atomic mass is 32.1. The zero-order chi connectivity index (χ0) is 13.8. The zero-order valence-electron chi connectivity index (χ0n) is 10.8. The summed E-state index contributed by atoms with van der Waals surface area (Å²) in [5.41, 5.74) is 2.91. The van der Waals surface area contributed by atoms with Gasteiger partial charge >= 0.3 is 6.03 Å². The van der Waals surface area contributed by atoms with Crippen LogP contribution >= 0.6 is 11.7 Å². The molecule has 1 aromatic carbocycles. The van der Waals surface area contributed by atoms with Crippen molar-refractivity contribution in [2.45, 2.75) is 6.42 Å². The van der Waals surface area contributed by atoms with Crippen LogP contribution in [0.2, 0.25) is 0 Å². The van der Waals surface area contributed by atoms with Gasteiger partial charge in [0, 0.05) is 18.8 Å². The summed E-state index contributed by atoms with van der Waals surface area (Å²) in [4.78, 5) is 13.9. The molecule has 2 aromatic rings. The van der Waals surface area contributed by atoms with Gasteiger partial charge in [-0.2, -0.15) is 8.75 Å². The molecule has 0 aliphatic carbocycles. The van der Waals surface area contributed by atoms with E-state index in [2.05, 4.69) is 14.1 Å². The van der Waals surface area contributed by atoms with Crippen LogP contribution < -0.4 is 5.32 Å². The van der Waals surface area contributed by atoms with Gasteiger partial charge in [0.1, 0.15) is 0 Å². The fourth-order valence-corrected chi connectivity index (χ4v) is 2.56. The minimum Gasteiger partial charge on any atom is -0.320 e. The van der Waals surface area contributed by atoms with Gasteiger partial charge in [0.05, 0.1) is 23.6 Å². The van der Waals surface area contributed by atoms with E-state index in [1.54, 1.807) is 11.1 Å². The third-order valence-electron chi connectivity index (χ3n) is 3.21. The number of benzene rings is 1. The Hall–Kier alpha value is -2.21. The Morgan fingerprint density at radius 1 is 1.30 bits per heavy atom. The van der Waals surface area contributed by atoms with Crippen molar-refractivity contribution in [3.8, 4) is 0 Å². The molecular weight excluding hydrogens is 272 g/mol. The van der Waals surface area contributed by atoms with E-state index in [0.717, 1.165) is 17.8 Å². The second-order valence-corrected chi connectivity index (χ2v) is 5.07. The third kappa shape index (κ3) is 2.85. The van der Waals surface area contributed by atoms with Crippen LogP contribution in [0.25, 0.3) is 5.57 Å². The first kappa shape index (κ1) is 12.8. The van der Waals surface area contributed by atoms with Crippen LogP contribution in [0.5, 0.6) is 0 Å². The lowest BCUT2D eigenvalue weighted by atomic mass is 10.1. The highest BCUT2D eigenvalue weighted by Crippen LogP contribution is 2.21. The van der Waals surface area contributed by atoms with Crippen molar-refractivity contribution in [1.29, 1.82) is 0 Å². The number of aromatic nitrogens is 2. The van der Waals surface area contributed by atoms with E-state index in [1.165, 1.54) is 17.3 Å². The molecule has 0 bridgehead atoms. The van der Waals surface area contributed by atoms with Crippen molar-refractivity contribution >= 4 is 29.0 Å². The Balaban J connectivity index is 1.62. The van der Waals surface area contributed by atoms with Gasteiger partial charge in [0.2, 0.25) is 0 Å². The summed E-state index contributed by atoms with van der Waals surface area (Å²) in [6.07, 6.45) is 4.63. The molecule has 1 aliphatic rings. The predicted molar refractivity (Wildman–Crippen MR) is 79.5 cm³/mol. The number of nitrogens with zero attached hydrogens (tertiary/aromatic N) is 3. The molecule has 2 amide bonds. The van der Waals surface area contributed by atoms with Gasteiger partial charge in [-0.1, -0.05) is 24.3 Å². The topological polar surface area (TPSA) is 58.1 Å². The second-order valence-electron chi connectivity index (χ2n) is 4.51. The molecule has 0 spiro atoms. The Morgan fingerprint density at radius 3 is 2.80 bits per heavy atom. The lowest BCUT2D eigenvalue weighted by molar-refractivity contribution is 0.217. The van der Waals surface area contributed by atoms with Crippen LogP contribution in [0.3, 0.4) is 0 Å². The lowest BCUT2D eigenvalue weighted by Crippen LogP contribution is -2.37. The molecule has 1 N–H and O–H groups in total.